The molecule has 0 fully saturated rings. The van der Waals surface area contributed by atoms with Gasteiger partial charge in [0, 0.05) is 0 Å². The van der Waals surface area contributed by atoms with Gasteiger partial charge in [-0.1, -0.05) is 34.7 Å². The summed E-state index contributed by atoms with van der Waals surface area (Å²) in [5.74, 6) is -2.40. The summed E-state index contributed by atoms with van der Waals surface area (Å²) in [7, 11) is 2.13. The van der Waals surface area contributed by atoms with Crippen molar-refractivity contribution in [3.8, 4) is 0 Å². The van der Waals surface area contributed by atoms with Gasteiger partial charge in [-0.25, -0.2) is 0 Å². The first-order valence-electron chi connectivity index (χ1n) is 4.97. The number of Topliss-reactive ketones (excluding diaryl/α,β-unsaturated/α-hetero) is 4. The van der Waals surface area contributed by atoms with Crippen LogP contribution in [0.4, 0.5) is 0 Å². The van der Waals surface area contributed by atoms with E-state index in [-0.39, 0.29) is 22.7 Å². The van der Waals surface area contributed by atoms with Crippen molar-refractivity contribution in [1.29, 1.82) is 0 Å². The first-order chi connectivity index (χ1) is 8.27. The molecule has 0 spiro atoms. The number of hydrogen-bond donors (Lipinski definition) is 0. The van der Waals surface area contributed by atoms with Crippen LogP contribution in [0.3, 0.4) is 0 Å². The molecule has 0 heterocycles. The molecule has 18 heavy (non-hydrogen) atoms. The lowest BCUT2D eigenvalue weighted by atomic mass is 10.2. The van der Waals surface area contributed by atoms with Crippen LogP contribution in [0.15, 0.2) is 24.3 Å². The SMILES string of the molecule is C=C(C)C(=O)C(=O)CSSCC(=O)C(=O)C(=C)C. The van der Waals surface area contributed by atoms with Gasteiger partial charge in [-0.15, -0.1) is 0 Å². The van der Waals surface area contributed by atoms with E-state index in [1.165, 1.54) is 13.8 Å². The maximum atomic E-state index is 11.3. The molecule has 0 aliphatic carbocycles. The lowest BCUT2D eigenvalue weighted by Gasteiger charge is -2.00. The number of rotatable bonds is 9. The van der Waals surface area contributed by atoms with Gasteiger partial charge in [0.2, 0.25) is 23.1 Å². The molecule has 0 amide bonds. The van der Waals surface area contributed by atoms with Crippen LogP contribution in [0, 0.1) is 0 Å². The largest absolute Gasteiger partial charge is 0.290 e. The first kappa shape index (κ1) is 16.9. The van der Waals surface area contributed by atoms with Gasteiger partial charge in [0.15, 0.2) is 0 Å². The van der Waals surface area contributed by atoms with E-state index in [2.05, 4.69) is 13.2 Å². The summed E-state index contributed by atoms with van der Waals surface area (Å²) < 4.78 is 0. The molecular formula is C12H14O4S2. The summed E-state index contributed by atoms with van der Waals surface area (Å²) in [5.41, 5.74) is 0.387. The fourth-order valence-corrected chi connectivity index (χ4v) is 2.58. The molecule has 0 aromatic heterocycles. The molecule has 0 aliphatic heterocycles. The standard InChI is InChI=1S/C12H14O4S2/c1-7(2)11(15)9(13)5-17-18-6-10(14)12(16)8(3)4/h1,3,5-6H2,2,4H3. The molecule has 0 N–H and O–H groups in total. The normalized spacial score (nSPS) is 9.67. The molecule has 0 atom stereocenters. The van der Waals surface area contributed by atoms with Gasteiger partial charge in [-0.2, -0.15) is 0 Å². The Labute approximate surface area is 114 Å². The molecule has 0 aromatic carbocycles. The quantitative estimate of drug-likeness (QED) is 0.279. The van der Waals surface area contributed by atoms with E-state index in [0.717, 1.165) is 21.6 Å². The molecule has 98 valence electrons. The van der Waals surface area contributed by atoms with Gasteiger partial charge in [-0.05, 0) is 25.0 Å². The maximum absolute atomic E-state index is 11.3. The molecule has 0 aliphatic rings. The average Bonchev–Trinajstić information content (AvgIpc) is 2.31. The summed E-state index contributed by atoms with van der Waals surface area (Å²) in [6.07, 6.45) is 0. The average molecular weight is 286 g/mol. The Bertz CT molecular complexity index is 384. The van der Waals surface area contributed by atoms with Crippen LogP contribution in [0.1, 0.15) is 13.8 Å². The Morgan fingerprint density at radius 3 is 1.28 bits per heavy atom. The lowest BCUT2D eigenvalue weighted by Crippen LogP contribution is -2.17. The van der Waals surface area contributed by atoms with Crippen LogP contribution in [-0.2, 0) is 19.2 Å². The van der Waals surface area contributed by atoms with E-state index in [4.69, 9.17) is 0 Å². The van der Waals surface area contributed by atoms with E-state index in [1.54, 1.807) is 0 Å². The van der Waals surface area contributed by atoms with E-state index in [9.17, 15) is 19.2 Å². The van der Waals surface area contributed by atoms with E-state index in [0.29, 0.717) is 0 Å². The zero-order valence-electron chi connectivity index (χ0n) is 10.3. The van der Waals surface area contributed by atoms with Crippen molar-refractivity contribution in [3.63, 3.8) is 0 Å². The minimum Gasteiger partial charge on any atom is -0.290 e. The van der Waals surface area contributed by atoms with Gasteiger partial charge in [0.1, 0.15) is 0 Å². The molecule has 0 saturated heterocycles. The van der Waals surface area contributed by atoms with Crippen molar-refractivity contribution in [2.45, 2.75) is 13.8 Å². The van der Waals surface area contributed by atoms with E-state index < -0.39 is 23.1 Å². The van der Waals surface area contributed by atoms with Crippen molar-refractivity contribution in [1.82, 2.24) is 0 Å². The van der Waals surface area contributed by atoms with Crippen molar-refractivity contribution < 1.29 is 19.2 Å². The number of ketones is 4. The minimum absolute atomic E-state index is 0.0368. The Hall–Kier alpha value is -1.14. The highest BCUT2D eigenvalue weighted by Gasteiger charge is 2.16. The van der Waals surface area contributed by atoms with E-state index in [1.807, 2.05) is 0 Å². The molecule has 0 bridgehead atoms. The Balaban J connectivity index is 3.95. The van der Waals surface area contributed by atoms with Crippen molar-refractivity contribution in [2.75, 3.05) is 11.5 Å². The number of carbonyl (C=O) groups is 4. The van der Waals surface area contributed by atoms with Gasteiger partial charge < -0.3 is 0 Å². The van der Waals surface area contributed by atoms with E-state index >= 15 is 0 Å². The molecule has 0 unspecified atom stereocenters. The highest BCUT2D eigenvalue weighted by molar-refractivity contribution is 8.77. The fraction of sp³-hybridized carbons (Fsp3) is 0.333. The van der Waals surface area contributed by atoms with Crippen LogP contribution in [-0.4, -0.2) is 34.6 Å². The van der Waals surface area contributed by atoms with Crippen molar-refractivity contribution in [3.05, 3.63) is 24.3 Å². The molecule has 4 nitrogen and oxygen atoms in total. The van der Waals surface area contributed by atoms with Gasteiger partial charge >= 0.3 is 0 Å². The maximum Gasteiger partial charge on any atom is 0.224 e. The van der Waals surface area contributed by atoms with Gasteiger partial charge in [0.05, 0.1) is 11.5 Å². The zero-order valence-corrected chi connectivity index (χ0v) is 11.9. The minimum atomic E-state index is -0.604. The second-order valence-corrected chi connectivity index (χ2v) is 6.05. The van der Waals surface area contributed by atoms with Gasteiger partial charge in [-0.3, -0.25) is 19.2 Å². The third kappa shape index (κ3) is 5.97. The van der Waals surface area contributed by atoms with Crippen LogP contribution in [0.2, 0.25) is 0 Å². The summed E-state index contributed by atoms with van der Waals surface area (Å²) >= 11 is 0. The monoisotopic (exact) mass is 286 g/mol. The molecule has 0 saturated carbocycles. The lowest BCUT2D eigenvalue weighted by molar-refractivity contribution is -0.132. The van der Waals surface area contributed by atoms with Gasteiger partial charge in [0.25, 0.3) is 0 Å². The fourth-order valence-electron chi connectivity index (χ4n) is 0.797. The van der Waals surface area contributed by atoms with Crippen LogP contribution >= 0.6 is 21.6 Å². The third-order valence-electron chi connectivity index (χ3n) is 1.75. The Morgan fingerprint density at radius 2 is 1.06 bits per heavy atom. The molecule has 6 heteroatoms. The third-order valence-corrected chi connectivity index (χ3v) is 3.88. The Kier molecular flexibility index (Phi) is 7.54. The number of hydrogen-bond acceptors (Lipinski definition) is 6. The van der Waals surface area contributed by atoms with Crippen LogP contribution in [0.5, 0.6) is 0 Å². The summed E-state index contributed by atoms with van der Waals surface area (Å²) in [6, 6.07) is 0. The van der Waals surface area contributed by atoms with Crippen LogP contribution in [0.25, 0.3) is 0 Å². The predicted molar refractivity (Wildman–Crippen MR) is 74.6 cm³/mol. The summed E-state index contributed by atoms with van der Waals surface area (Å²) in [5, 5.41) is 0. The van der Waals surface area contributed by atoms with Crippen LogP contribution < -0.4 is 0 Å². The highest BCUT2D eigenvalue weighted by atomic mass is 33.1. The topological polar surface area (TPSA) is 68.3 Å². The number of allylic oxidation sites excluding steroid dienone is 2. The summed E-state index contributed by atoms with van der Waals surface area (Å²) in [6.45, 7) is 9.69. The smallest absolute Gasteiger partial charge is 0.224 e. The zero-order chi connectivity index (χ0) is 14.3. The Morgan fingerprint density at radius 1 is 0.778 bits per heavy atom. The first-order valence-corrected chi connectivity index (χ1v) is 7.46. The number of carbonyl (C=O) groups excluding carboxylic acids is 4. The molecular weight excluding hydrogens is 272 g/mol. The molecule has 0 radical (unpaired) electrons. The second-order valence-electron chi connectivity index (χ2n) is 3.59. The molecule has 0 aromatic rings. The predicted octanol–water partition coefficient (Wildman–Crippen LogP) is 1.80. The summed E-state index contributed by atoms with van der Waals surface area (Å²) in [4.78, 5) is 44.8. The van der Waals surface area contributed by atoms with Crippen molar-refractivity contribution in [2.24, 2.45) is 0 Å². The van der Waals surface area contributed by atoms with Crippen molar-refractivity contribution >= 4 is 44.7 Å². The second kappa shape index (κ2) is 8.05. The molecule has 0 rings (SSSR count). The highest BCUT2D eigenvalue weighted by Crippen LogP contribution is 2.21.